The van der Waals surface area contributed by atoms with Crippen LogP contribution in [0.1, 0.15) is 129 Å². The number of hydrogen-bond acceptors (Lipinski definition) is 6. The lowest BCUT2D eigenvalue weighted by Gasteiger charge is -2.27. The molecule has 0 radical (unpaired) electrons. The Morgan fingerprint density at radius 2 is 0.741 bits per heavy atom. The van der Waals surface area contributed by atoms with Crippen LogP contribution in [-0.2, 0) is 0 Å². The van der Waals surface area contributed by atoms with E-state index in [4.69, 9.17) is 30.1 Å². The van der Waals surface area contributed by atoms with Crippen molar-refractivity contribution >= 4 is 60.7 Å². The first kappa shape index (κ1) is 56.0. The number of nitrogens with zero attached hydrogens (tertiary/aromatic N) is 3. The lowest BCUT2D eigenvalue weighted by Crippen LogP contribution is -2.11. The predicted octanol–water partition coefficient (Wildman–Crippen LogP) is 19.8. The number of anilines is 3. The van der Waals surface area contributed by atoms with Crippen LogP contribution in [0, 0.1) is 12.3 Å². The molecule has 10 aromatic rings. The van der Waals surface area contributed by atoms with Crippen molar-refractivity contribution < 1.29 is 23.7 Å². The van der Waals surface area contributed by atoms with E-state index in [0.29, 0.717) is 38.3 Å². The van der Waals surface area contributed by atoms with Gasteiger partial charge in [-0.2, -0.15) is 0 Å². The molecule has 8 aromatic carbocycles. The Labute approximate surface area is 480 Å². The van der Waals surface area contributed by atoms with Gasteiger partial charge < -0.3 is 37.7 Å². The fourth-order valence-corrected chi connectivity index (χ4v) is 11.2. The van der Waals surface area contributed by atoms with Gasteiger partial charge in [0.25, 0.3) is 0 Å². The summed E-state index contributed by atoms with van der Waals surface area (Å²) in [6.07, 6.45) is 15.9. The molecule has 0 fully saturated rings. The van der Waals surface area contributed by atoms with Crippen molar-refractivity contribution in [3.8, 4) is 52.5 Å². The van der Waals surface area contributed by atoms with Crippen LogP contribution in [0.4, 0.5) is 17.1 Å². The summed E-state index contributed by atoms with van der Waals surface area (Å²) in [6, 6.07) is 61.7. The maximum Gasteiger partial charge on any atom is 0.148 e. The first-order valence-electron chi connectivity index (χ1n) is 29.8. The Kier molecular flexibility index (Phi) is 18.5. The van der Waals surface area contributed by atoms with Gasteiger partial charge in [0.2, 0.25) is 0 Å². The number of ether oxygens (including phenoxy) is 5. The molecule has 81 heavy (non-hydrogen) atoms. The Morgan fingerprint density at radius 3 is 1.07 bits per heavy atom. The maximum absolute atomic E-state index is 6.27. The third kappa shape index (κ3) is 12.7. The average Bonchev–Trinajstić information content (AvgIpc) is 4.02. The highest BCUT2D eigenvalue weighted by molar-refractivity contribution is 6.11. The highest BCUT2D eigenvalue weighted by atomic mass is 16.5. The molecule has 0 saturated heterocycles. The summed E-state index contributed by atoms with van der Waals surface area (Å²) in [5, 5.41) is 4.55. The van der Waals surface area contributed by atoms with Gasteiger partial charge in [-0.15, -0.1) is 6.42 Å². The second-order valence-electron chi connectivity index (χ2n) is 21.5. The fourth-order valence-electron chi connectivity index (χ4n) is 11.2. The lowest BCUT2D eigenvalue weighted by molar-refractivity contribution is 0.309. The predicted molar refractivity (Wildman–Crippen MR) is 338 cm³/mol. The van der Waals surface area contributed by atoms with E-state index in [1.165, 1.54) is 11.1 Å². The molecular formula is C73H79N3O5. The van der Waals surface area contributed by atoms with E-state index in [1.807, 2.05) is 12.1 Å². The zero-order valence-corrected chi connectivity index (χ0v) is 48.4. The molecule has 8 nitrogen and oxygen atoms in total. The third-order valence-corrected chi connectivity index (χ3v) is 15.7. The normalized spacial score (nSPS) is 12.2. The van der Waals surface area contributed by atoms with Gasteiger partial charge in [0.05, 0.1) is 48.5 Å². The van der Waals surface area contributed by atoms with Gasteiger partial charge in [-0.3, -0.25) is 0 Å². The summed E-state index contributed by atoms with van der Waals surface area (Å²) in [4.78, 5) is 2.38. The number of aromatic nitrogens is 2. The minimum Gasteiger partial charge on any atom is -0.494 e. The Bertz CT molecular complexity index is 3380. The molecule has 0 aliphatic heterocycles. The van der Waals surface area contributed by atoms with Gasteiger partial charge in [-0.05, 0) is 207 Å². The van der Waals surface area contributed by atoms with Gasteiger partial charge in [-0.25, -0.2) is 0 Å². The number of hydrogen-bond donors (Lipinski definition) is 0. The van der Waals surface area contributed by atoms with E-state index >= 15 is 0 Å². The minimum atomic E-state index is 0.266. The van der Waals surface area contributed by atoms with Gasteiger partial charge in [0, 0.05) is 50.0 Å². The summed E-state index contributed by atoms with van der Waals surface area (Å²) in [5.74, 6) is 7.63. The van der Waals surface area contributed by atoms with Crippen LogP contribution in [0.25, 0.3) is 55.0 Å². The van der Waals surface area contributed by atoms with Crippen molar-refractivity contribution in [3.63, 3.8) is 0 Å². The molecule has 0 aliphatic carbocycles. The average molecular weight is 1080 g/mol. The quantitative estimate of drug-likeness (QED) is 0.0360. The molecule has 2 heterocycles. The standard InChI is InChI=1S/C73H79N3O5/c1-8-14-43-78-62-34-38-70-66(48-62)67-49-63(79-44-15-9-2)35-39-71(67)75(70)59-28-24-57(25-29-59)74(56-22-18-55(19-23-56)53(13-6)47-52(7)54-20-32-61(33-21-54)77-42-12-5)58-26-30-60(31-27-58)76-72-40-36-64(80-45-16-10-3)50-68(72)69-51-65(37-41-73(69)76)81-46-17-11-4/h5,18-41,48-53H,8-11,13-17,42-47H2,1-4,6-7H3. The molecular weight excluding hydrogens is 999 g/mol. The molecule has 2 unspecified atom stereocenters. The summed E-state index contributed by atoms with van der Waals surface area (Å²) >= 11 is 0. The van der Waals surface area contributed by atoms with Crippen LogP contribution < -0.4 is 28.6 Å². The second kappa shape index (κ2) is 26.8. The molecule has 8 heteroatoms. The zero-order chi connectivity index (χ0) is 56.1. The molecule has 2 aromatic heterocycles. The molecule has 0 aliphatic rings. The Morgan fingerprint density at radius 1 is 0.407 bits per heavy atom. The maximum atomic E-state index is 6.27. The van der Waals surface area contributed by atoms with Crippen molar-refractivity contribution in [2.75, 3.05) is 37.9 Å². The molecule has 0 bridgehead atoms. The SMILES string of the molecule is C#CCOc1ccc(C(C)CC(CC)c2ccc(N(c3ccc(-n4c5ccc(OCCCC)cc5c5cc(OCCCC)ccc54)cc3)c3ccc(-n4c5ccc(OCCCC)cc5c5cc(OCCCC)ccc54)cc3)cc2)cc1. The first-order valence-corrected chi connectivity index (χ1v) is 29.8. The van der Waals surface area contributed by atoms with E-state index in [-0.39, 0.29) is 6.61 Å². The highest BCUT2D eigenvalue weighted by Crippen LogP contribution is 2.42. The topological polar surface area (TPSA) is 59.2 Å². The summed E-state index contributed by atoms with van der Waals surface area (Å²) < 4.78 is 35.5. The Balaban J connectivity index is 1.03. The molecule has 2 atom stereocenters. The number of fused-ring (bicyclic) bond motifs is 6. The van der Waals surface area contributed by atoms with Crippen LogP contribution >= 0.6 is 0 Å². The van der Waals surface area contributed by atoms with Gasteiger partial charge in [0.15, 0.2) is 0 Å². The lowest BCUT2D eigenvalue weighted by atomic mass is 9.84. The van der Waals surface area contributed by atoms with Crippen molar-refractivity contribution in [2.45, 2.75) is 118 Å². The number of unbranched alkanes of at least 4 members (excludes halogenated alkanes) is 4. The fraction of sp³-hybridized carbons (Fsp3) is 0.315. The monoisotopic (exact) mass is 1080 g/mol. The van der Waals surface area contributed by atoms with Crippen LogP contribution in [-0.4, -0.2) is 42.2 Å². The van der Waals surface area contributed by atoms with Crippen LogP contribution in [0.5, 0.6) is 28.7 Å². The number of benzene rings is 8. The summed E-state index contributed by atoms with van der Waals surface area (Å²) in [5.41, 5.74) is 12.4. The third-order valence-electron chi connectivity index (χ3n) is 15.7. The van der Waals surface area contributed by atoms with E-state index in [2.05, 4.69) is 219 Å². The van der Waals surface area contributed by atoms with Crippen molar-refractivity contribution in [1.82, 2.24) is 9.13 Å². The first-order chi connectivity index (χ1) is 39.8. The van der Waals surface area contributed by atoms with Gasteiger partial charge >= 0.3 is 0 Å². The van der Waals surface area contributed by atoms with E-state index in [0.717, 1.165) is 165 Å². The number of rotatable bonds is 28. The van der Waals surface area contributed by atoms with E-state index in [1.54, 1.807) is 0 Å². The molecule has 10 rings (SSSR count). The molecule has 416 valence electrons. The molecule has 0 amide bonds. The molecule has 0 N–H and O–H groups in total. The van der Waals surface area contributed by atoms with Crippen molar-refractivity contribution in [2.24, 2.45) is 0 Å². The molecule has 0 spiro atoms. The summed E-state index contributed by atoms with van der Waals surface area (Å²) in [7, 11) is 0. The van der Waals surface area contributed by atoms with Crippen molar-refractivity contribution in [3.05, 3.63) is 181 Å². The van der Waals surface area contributed by atoms with Gasteiger partial charge in [-0.1, -0.05) is 97.4 Å². The van der Waals surface area contributed by atoms with Crippen LogP contribution in [0.15, 0.2) is 170 Å². The van der Waals surface area contributed by atoms with E-state index < -0.39 is 0 Å². The molecule has 0 saturated carbocycles. The van der Waals surface area contributed by atoms with Gasteiger partial charge in [0.1, 0.15) is 35.4 Å². The zero-order valence-electron chi connectivity index (χ0n) is 48.4. The second-order valence-corrected chi connectivity index (χ2v) is 21.5. The summed E-state index contributed by atoms with van der Waals surface area (Å²) in [6.45, 7) is 16.4. The van der Waals surface area contributed by atoms with E-state index in [9.17, 15) is 0 Å². The smallest absolute Gasteiger partial charge is 0.148 e. The van der Waals surface area contributed by atoms with Crippen LogP contribution in [0.3, 0.4) is 0 Å². The van der Waals surface area contributed by atoms with Crippen LogP contribution in [0.2, 0.25) is 0 Å². The largest absolute Gasteiger partial charge is 0.494 e. The minimum absolute atomic E-state index is 0.266. The highest BCUT2D eigenvalue weighted by Gasteiger charge is 2.21. The van der Waals surface area contributed by atoms with Crippen molar-refractivity contribution in [1.29, 1.82) is 0 Å². The Hall–Kier alpha value is -8.28. The number of terminal acetylenes is 1.